The topological polar surface area (TPSA) is 43.4 Å². The quantitative estimate of drug-likeness (QED) is 0.744. The highest BCUT2D eigenvalue weighted by Crippen LogP contribution is 2.12. The Labute approximate surface area is 86.8 Å². The summed E-state index contributed by atoms with van der Waals surface area (Å²) in [4.78, 5) is 0. The Morgan fingerprint density at radius 2 is 1.80 bits per heavy atom. The Balaban J connectivity index is 2.66. The maximum atomic E-state index is 13.0. The minimum Gasteiger partial charge on any atom is -0.270 e. The number of hydrogen-bond donors (Lipinski definition) is 0. The Kier molecular flexibility index (Phi) is 3.76. The normalized spacial score (nSPS) is 11.7. The van der Waals surface area contributed by atoms with Gasteiger partial charge in [0.25, 0.3) is 10.1 Å². The molecular weight excluding hydrogens is 226 g/mol. The van der Waals surface area contributed by atoms with Gasteiger partial charge in [0, 0.05) is 12.0 Å². The molecule has 6 heteroatoms. The van der Waals surface area contributed by atoms with E-state index in [0.29, 0.717) is 0 Å². The van der Waals surface area contributed by atoms with E-state index in [-0.39, 0.29) is 18.6 Å². The lowest BCUT2D eigenvalue weighted by molar-refractivity contribution is 0.321. The van der Waals surface area contributed by atoms with Crippen LogP contribution in [0.2, 0.25) is 0 Å². The molecule has 0 N–H and O–H groups in total. The van der Waals surface area contributed by atoms with Crippen LogP contribution in [-0.2, 0) is 20.7 Å². The first kappa shape index (κ1) is 12.1. The highest BCUT2D eigenvalue weighted by atomic mass is 32.2. The Hall–Kier alpha value is -1.01. The second-order valence-corrected chi connectivity index (χ2v) is 4.62. The van der Waals surface area contributed by atoms with Crippen molar-refractivity contribution in [3.05, 3.63) is 35.4 Å². The van der Waals surface area contributed by atoms with E-state index in [0.717, 1.165) is 18.4 Å². The van der Waals surface area contributed by atoms with Crippen LogP contribution in [0.3, 0.4) is 0 Å². The monoisotopic (exact) mass is 236 g/mol. The summed E-state index contributed by atoms with van der Waals surface area (Å²) in [5.74, 6) is -1.40. The maximum Gasteiger partial charge on any atom is 0.264 e. The van der Waals surface area contributed by atoms with Gasteiger partial charge in [-0.15, -0.1) is 0 Å². The van der Waals surface area contributed by atoms with E-state index in [1.807, 2.05) is 0 Å². The van der Waals surface area contributed by atoms with Crippen molar-refractivity contribution < 1.29 is 21.4 Å². The first-order valence-electron chi connectivity index (χ1n) is 4.17. The van der Waals surface area contributed by atoms with Crippen LogP contribution in [0.5, 0.6) is 0 Å². The minimum atomic E-state index is -3.56. The van der Waals surface area contributed by atoms with Gasteiger partial charge in [-0.25, -0.2) is 8.78 Å². The largest absolute Gasteiger partial charge is 0.270 e. The van der Waals surface area contributed by atoms with Gasteiger partial charge in [0.15, 0.2) is 0 Å². The Bertz CT molecular complexity index is 422. The second kappa shape index (κ2) is 4.67. The summed E-state index contributed by atoms with van der Waals surface area (Å²) < 4.78 is 51.6. The summed E-state index contributed by atoms with van der Waals surface area (Å²) in [7, 11) is -3.56. The molecule has 0 radical (unpaired) electrons. The van der Waals surface area contributed by atoms with Crippen molar-refractivity contribution in [2.75, 3.05) is 12.9 Å². The van der Waals surface area contributed by atoms with E-state index in [9.17, 15) is 17.2 Å². The van der Waals surface area contributed by atoms with Crippen LogP contribution in [0, 0.1) is 11.6 Å². The first-order valence-corrected chi connectivity index (χ1v) is 5.99. The van der Waals surface area contributed by atoms with E-state index in [2.05, 4.69) is 4.18 Å². The Morgan fingerprint density at radius 1 is 1.27 bits per heavy atom. The van der Waals surface area contributed by atoms with Crippen LogP contribution in [0.15, 0.2) is 18.2 Å². The number of hydrogen-bond acceptors (Lipinski definition) is 3. The summed E-state index contributed by atoms with van der Waals surface area (Å²) in [6.07, 6.45) is 0.760. The third kappa shape index (κ3) is 3.93. The van der Waals surface area contributed by atoms with Gasteiger partial charge >= 0.3 is 0 Å². The van der Waals surface area contributed by atoms with E-state index in [4.69, 9.17) is 0 Å². The van der Waals surface area contributed by atoms with Crippen LogP contribution in [0.4, 0.5) is 8.78 Å². The van der Waals surface area contributed by atoms with Crippen molar-refractivity contribution >= 4 is 10.1 Å². The molecule has 0 saturated heterocycles. The van der Waals surface area contributed by atoms with Crippen LogP contribution in [-0.4, -0.2) is 21.3 Å². The fourth-order valence-corrected chi connectivity index (χ4v) is 1.45. The minimum absolute atomic E-state index is 0.119. The van der Waals surface area contributed by atoms with E-state index in [1.165, 1.54) is 6.07 Å². The second-order valence-electron chi connectivity index (χ2n) is 2.98. The van der Waals surface area contributed by atoms with Crippen LogP contribution < -0.4 is 0 Å². The zero-order chi connectivity index (χ0) is 11.5. The number of benzene rings is 1. The molecule has 1 rings (SSSR count). The molecule has 3 nitrogen and oxygen atoms in total. The molecule has 84 valence electrons. The van der Waals surface area contributed by atoms with Crippen molar-refractivity contribution in [3.8, 4) is 0 Å². The third-order valence-corrected chi connectivity index (χ3v) is 2.31. The zero-order valence-electron chi connectivity index (χ0n) is 8.04. The van der Waals surface area contributed by atoms with Gasteiger partial charge in [-0.3, -0.25) is 4.18 Å². The lowest BCUT2D eigenvalue weighted by Gasteiger charge is -2.04. The SMILES string of the molecule is CS(=O)(=O)OCCc1c(F)cccc1F. The average molecular weight is 236 g/mol. The van der Waals surface area contributed by atoms with Crippen LogP contribution in [0.25, 0.3) is 0 Å². The van der Waals surface area contributed by atoms with E-state index < -0.39 is 21.8 Å². The van der Waals surface area contributed by atoms with Gasteiger partial charge in [0.1, 0.15) is 11.6 Å². The Morgan fingerprint density at radius 3 is 2.27 bits per heavy atom. The smallest absolute Gasteiger partial charge is 0.264 e. The lowest BCUT2D eigenvalue weighted by Crippen LogP contribution is -2.08. The predicted octanol–water partition coefficient (Wildman–Crippen LogP) is 1.48. The van der Waals surface area contributed by atoms with Crippen molar-refractivity contribution in [2.24, 2.45) is 0 Å². The van der Waals surface area contributed by atoms with Gasteiger partial charge in [0.2, 0.25) is 0 Å². The summed E-state index contributed by atoms with van der Waals surface area (Å²) >= 11 is 0. The predicted molar refractivity (Wildman–Crippen MR) is 50.9 cm³/mol. The maximum absolute atomic E-state index is 13.0. The molecule has 0 heterocycles. The third-order valence-electron chi connectivity index (χ3n) is 1.71. The van der Waals surface area contributed by atoms with Gasteiger partial charge < -0.3 is 0 Å². The molecule has 0 spiro atoms. The summed E-state index contributed by atoms with van der Waals surface area (Å²) in [6, 6.07) is 3.46. The fraction of sp³-hybridized carbons (Fsp3) is 0.333. The molecule has 0 amide bonds. The van der Waals surface area contributed by atoms with Gasteiger partial charge in [-0.05, 0) is 12.1 Å². The van der Waals surface area contributed by atoms with E-state index in [1.54, 1.807) is 0 Å². The fourth-order valence-electron chi connectivity index (χ4n) is 1.07. The molecule has 1 aromatic carbocycles. The van der Waals surface area contributed by atoms with Gasteiger partial charge in [-0.1, -0.05) is 6.07 Å². The van der Waals surface area contributed by atoms with Gasteiger partial charge in [0.05, 0.1) is 12.9 Å². The highest BCUT2D eigenvalue weighted by molar-refractivity contribution is 7.85. The molecule has 0 saturated carbocycles. The molecule has 0 atom stereocenters. The van der Waals surface area contributed by atoms with Crippen molar-refractivity contribution in [2.45, 2.75) is 6.42 Å². The molecule has 0 aliphatic heterocycles. The van der Waals surface area contributed by atoms with E-state index >= 15 is 0 Å². The molecule has 0 aliphatic rings. The summed E-state index contributed by atoms with van der Waals surface area (Å²) in [5.41, 5.74) is -0.166. The zero-order valence-corrected chi connectivity index (χ0v) is 8.85. The molecule has 0 aliphatic carbocycles. The highest BCUT2D eigenvalue weighted by Gasteiger charge is 2.09. The van der Waals surface area contributed by atoms with Crippen molar-refractivity contribution in [1.82, 2.24) is 0 Å². The molecule has 0 bridgehead atoms. The van der Waals surface area contributed by atoms with Crippen LogP contribution >= 0.6 is 0 Å². The number of halogens is 2. The van der Waals surface area contributed by atoms with Crippen LogP contribution in [0.1, 0.15) is 5.56 Å². The molecule has 15 heavy (non-hydrogen) atoms. The molecule has 1 aromatic rings. The first-order chi connectivity index (χ1) is 6.90. The molecule has 0 aromatic heterocycles. The van der Waals surface area contributed by atoms with Gasteiger partial charge in [-0.2, -0.15) is 8.42 Å². The summed E-state index contributed by atoms with van der Waals surface area (Å²) in [5, 5.41) is 0. The number of rotatable bonds is 4. The average Bonchev–Trinajstić information content (AvgIpc) is 2.08. The standard InChI is InChI=1S/C9H10F2O3S/c1-15(12,13)14-6-5-7-8(10)3-2-4-9(7)11/h2-4H,5-6H2,1H3. The molecule has 0 unspecified atom stereocenters. The lowest BCUT2D eigenvalue weighted by atomic mass is 10.1. The summed E-state index contributed by atoms with van der Waals surface area (Å²) in [6.45, 7) is -0.267. The van der Waals surface area contributed by atoms with Crippen molar-refractivity contribution in [3.63, 3.8) is 0 Å². The molecular formula is C9H10F2O3S. The molecule has 0 fully saturated rings. The van der Waals surface area contributed by atoms with Crippen molar-refractivity contribution in [1.29, 1.82) is 0 Å².